The van der Waals surface area contributed by atoms with Gasteiger partial charge in [-0.05, 0) is 19.1 Å². The highest BCUT2D eigenvalue weighted by Crippen LogP contribution is 2.35. The van der Waals surface area contributed by atoms with Gasteiger partial charge in [-0.25, -0.2) is 0 Å². The zero-order valence-corrected chi connectivity index (χ0v) is 11.7. The average Bonchev–Trinajstić information content (AvgIpc) is 2.65. The Hall–Kier alpha value is 0.220. The van der Waals surface area contributed by atoms with Gasteiger partial charge < -0.3 is 5.11 Å². The zero-order chi connectivity index (χ0) is 11.4. The Morgan fingerprint density at radius 3 is 2.69 bits per heavy atom. The van der Waals surface area contributed by atoms with E-state index >= 15 is 0 Å². The Bertz CT molecular complexity index is 332. The van der Waals surface area contributed by atoms with E-state index in [2.05, 4.69) is 10.2 Å². The second kappa shape index (κ2) is 6.23. The van der Waals surface area contributed by atoms with E-state index in [1.807, 2.05) is 6.26 Å². The van der Waals surface area contributed by atoms with Gasteiger partial charge in [0, 0.05) is 5.25 Å². The van der Waals surface area contributed by atoms with Crippen LogP contribution in [-0.4, -0.2) is 32.9 Å². The molecule has 1 fully saturated rings. The summed E-state index contributed by atoms with van der Waals surface area (Å²) in [6.07, 6.45) is 7.50. The molecule has 1 aromatic rings. The average molecular weight is 276 g/mol. The minimum Gasteiger partial charge on any atom is -0.392 e. The van der Waals surface area contributed by atoms with Crippen molar-refractivity contribution in [3.8, 4) is 0 Å². The molecule has 16 heavy (non-hydrogen) atoms. The summed E-state index contributed by atoms with van der Waals surface area (Å²) in [4.78, 5) is 0. The number of rotatable bonds is 3. The van der Waals surface area contributed by atoms with Gasteiger partial charge in [-0.2, -0.15) is 0 Å². The van der Waals surface area contributed by atoms with Crippen molar-refractivity contribution >= 4 is 34.9 Å². The zero-order valence-electron chi connectivity index (χ0n) is 9.26. The first kappa shape index (κ1) is 12.7. The molecule has 1 aromatic heterocycles. The lowest BCUT2D eigenvalue weighted by atomic mass is 10.1. The van der Waals surface area contributed by atoms with Crippen molar-refractivity contribution in [3.63, 3.8) is 0 Å². The van der Waals surface area contributed by atoms with Crippen molar-refractivity contribution in [1.82, 2.24) is 10.2 Å². The summed E-state index contributed by atoms with van der Waals surface area (Å²) in [6.45, 7) is 0. The summed E-state index contributed by atoms with van der Waals surface area (Å²) in [5.74, 6) is 0. The van der Waals surface area contributed by atoms with Crippen LogP contribution in [0.3, 0.4) is 0 Å². The quantitative estimate of drug-likeness (QED) is 0.679. The monoisotopic (exact) mass is 276 g/mol. The summed E-state index contributed by atoms with van der Waals surface area (Å²) in [6, 6.07) is 0. The summed E-state index contributed by atoms with van der Waals surface area (Å²) in [5.41, 5.74) is 0. The van der Waals surface area contributed by atoms with Gasteiger partial charge >= 0.3 is 0 Å². The molecule has 2 rings (SSSR count). The largest absolute Gasteiger partial charge is 0.392 e. The van der Waals surface area contributed by atoms with E-state index in [9.17, 15) is 5.11 Å². The van der Waals surface area contributed by atoms with Crippen LogP contribution in [0.25, 0.3) is 0 Å². The molecule has 0 aliphatic heterocycles. The molecule has 0 spiro atoms. The Morgan fingerprint density at radius 1 is 1.19 bits per heavy atom. The Kier molecular flexibility index (Phi) is 4.94. The van der Waals surface area contributed by atoms with E-state index in [1.165, 1.54) is 12.8 Å². The van der Waals surface area contributed by atoms with E-state index in [1.54, 1.807) is 34.9 Å². The number of aromatic nitrogens is 2. The third kappa shape index (κ3) is 3.35. The lowest BCUT2D eigenvalue weighted by Gasteiger charge is -2.17. The van der Waals surface area contributed by atoms with Crippen LogP contribution in [0.5, 0.6) is 0 Å². The van der Waals surface area contributed by atoms with Crippen LogP contribution in [0.15, 0.2) is 8.68 Å². The molecule has 1 aliphatic rings. The minimum absolute atomic E-state index is 0.172. The van der Waals surface area contributed by atoms with Crippen LogP contribution in [0, 0.1) is 0 Å². The van der Waals surface area contributed by atoms with Crippen molar-refractivity contribution in [2.75, 3.05) is 6.26 Å². The van der Waals surface area contributed by atoms with Crippen LogP contribution in [0.2, 0.25) is 0 Å². The fourth-order valence-corrected chi connectivity index (χ4v) is 4.74. The molecule has 6 heteroatoms. The second-order valence-electron chi connectivity index (χ2n) is 3.90. The van der Waals surface area contributed by atoms with E-state index in [0.717, 1.165) is 27.9 Å². The standard InChI is InChI=1S/C10H16N2OS3/c1-14-9-11-12-10(16-9)15-8-6-4-2-3-5-7(8)13/h7-8,13H,2-6H2,1H3. The first-order valence-electron chi connectivity index (χ1n) is 5.52. The maximum atomic E-state index is 10.0. The van der Waals surface area contributed by atoms with E-state index in [0.29, 0.717) is 5.25 Å². The molecule has 2 unspecified atom stereocenters. The SMILES string of the molecule is CSc1nnc(SC2CCCCCC2O)s1. The van der Waals surface area contributed by atoms with Gasteiger partial charge in [0.25, 0.3) is 0 Å². The van der Waals surface area contributed by atoms with Gasteiger partial charge in [-0.3, -0.25) is 0 Å². The third-order valence-corrected chi connectivity index (χ3v) is 6.10. The molecule has 1 saturated carbocycles. The number of aliphatic hydroxyl groups excluding tert-OH is 1. The molecule has 1 aliphatic carbocycles. The normalized spacial score (nSPS) is 26.6. The van der Waals surface area contributed by atoms with Crippen molar-refractivity contribution < 1.29 is 5.11 Å². The Morgan fingerprint density at radius 2 is 1.94 bits per heavy atom. The van der Waals surface area contributed by atoms with Gasteiger partial charge in [-0.1, -0.05) is 54.1 Å². The van der Waals surface area contributed by atoms with Crippen LogP contribution in [0.4, 0.5) is 0 Å². The number of aliphatic hydroxyl groups is 1. The Labute approximate surface area is 108 Å². The number of thioether (sulfide) groups is 2. The van der Waals surface area contributed by atoms with Gasteiger partial charge in [-0.15, -0.1) is 10.2 Å². The molecule has 0 aromatic carbocycles. The first-order valence-corrected chi connectivity index (χ1v) is 8.44. The summed E-state index contributed by atoms with van der Waals surface area (Å²) >= 11 is 4.96. The molecule has 1 heterocycles. The molecule has 1 N–H and O–H groups in total. The van der Waals surface area contributed by atoms with Gasteiger partial charge in [0.2, 0.25) is 0 Å². The van der Waals surface area contributed by atoms with E-state index in [4.69, 9.17) is 0 Å². The molecule has 3 nitrogen and oxygen atoms in total. The highest BCUT2D eigenvalue weighted by atomic mass is 32.2. The highest BCUT2D eigenvalue weighted by molar-refractivity contribution is 8.03. The van der Waals surface area contributed by atoms with E-state index < -0.39 is 0 Å². The van der Waals surface area contributed by atoms with Crippen molar-refractivity contribution in [1.29, 1.82) is 0 Å². The van der Waals surface area contributed by atoms with Gasteiger partial charge in [0.15, 0.2) is 8.68 Å². The van der Waals surface area contributed by atoms with Crippen molar-refractivity contribution in [3.05, 3.63) is 0 Å². The van der Waals surface area contributed by atoms with Crippen LogP contribution in [0.1, 0.15) is 32.1 Å². The molecular weight excluding hydrogens is 260 g/mol. The predicted molar refractivity (Wildman–Crippen MR) is 70.4 cm³/mol. The summed E-state index contributed by atoms with van der Waals surface area (Å²) < 4.78 is 2.00. The van der Waals surface area contributed by atoms with Crippen molar-refractivity contribution in [2.24, 2.45) is 0 Å². The van der Waals surface area contributed by atoms with Crippen molar-refractivity contribution in [2.45, 2.75) is 52.1 Å². The topological polar surface area (TPSA) is 46.0 Å². The van der Waals surface area contributed by atoms with Crippen LogP contribution >= 0.6 is 34.9 Å². The second-order valence-corrected chi connectivity index (χ2v) is 7.42. The molecule has 0 bridgehead atoms. The van der Waals surface area contributed by atoms with Crippen LogP contribution < -0.4 is 0 Å². The molecule has 0 saturated heterocycles. The molecule has 90 valence electrons. The maximum absolute atomic E-state index is 10.0. The smallest absolute Gasteiger partial charge is 0.175 e. The number of nitrogens with zero attached hydrogens (tertiary/aromatic N) is 2. The molecular formula is C10H16N2OS3. The van der Waals surface area contributed by atoms with Crippen LogP contribution in [-0.2, 0) is 0 Å². The predicted octanol–water partition coefficient (Wildman–Crippen LogP) is 3.05. The highest BCUT2D eigenvalue weighted by Gasteiger charge is 2.23. The summed E-state index contributed by atoms with van der Waals surface area (Å²) in [7, 11) is 0. The maximum Gasteiger partial charge on any atom is 0.175 e. The fraction of sp³-hybridized carbons (Fsp3) is 0.800. The van der Waals surface area contributed by atoms with Gasteiger partial charge in [0.1, 0.15) is 0 Å². The first-order chi connectivity index (χ1) is 7.79. The molecule has 0 amide bonds. The third-order valence-electron chi connectivity index (χ3n) is 2.73. The molecule has 2 atom stereocenters. The number of hydrogen-bond donors (Lipinski definition) is 1. The lowest BCUT2D eigenvalue weighted by molar-refractivity contribution is 0.163. The lowest BCUT2D eigenvalue weighted by Crippen LogP contribution is -2.21. The molecule has 0 radical (unpaired) electrons. The van der Waals surface area contributed by atoms with Gasteiger partial charge in [0.05, 0.1) is 6.10 Å². The summed E-state index contributed by atoms with van der Waals surface area (Å²) in [5, 5.41) is 18.5. The Balaban J connectivity index is 1.96. The fourth-order valence-electron chi connectivity index (χ4n) is 1.85. The number of hydrogen-bond acceptors (Lipinski definition) is 6. The van der Waals surface area contributed by atoms with E-state index in [-0.39, 0.29) is 6.10 Å². The minimum atomic E-state index is -0.172.